The highest BCUT2D eigenvalue weighted by Crippen LogP contribution is 2.31. The smallest absolute Gasteiger partial charge is 0.257 e. The van der Waals surface area contributed by atoms with Gasteiger partial charge >= 0.3 is 0 Å². The van der Waals surface area contributed by atoms with Crippen molar-refractivity contribution in [2.75, 3.05) is 5.73 Å². The monoisotopic (exact) mass is 278 g/mol. The van der Waals surface area contributed by atoms with E-state index in [0.29, 0.717) is 15.9 Å². The fourth-order valence-corrected chi connectivity index (χ4v) is 2.37. The molecule has 7 heteroatoms. The molecule has 90 valence electrons. The van der Waals surface area contributed by atoms with Crippen LogP contribution in [0.15, 0.2) is 30.5 Å². The number of thiazole rings is 1. The SMILES string of the molecule is Nc1nc2ccc(Oc3nnccc3Cl)cc2s1. The molecule has 0 spiro atoms. The van der Waals surface area contributed by atoms with Gasteiger partial charge in [0.05, 0.1) is 16.4 Å². The van der Waals surface area contributed by atoms with Crippen molar-refractivity contribution in [2.24, 2.45) is 0 Å². The molecule has 0 aliphatic rings. The van der Waals surface area contributed by atoms with Gasteiger partial charge in [-0.15, -0.1) is 5.10 Å². The van der Waals surface area contributed by atoms with Crippen LogP contribution in [0.4, 0.5) is 5.13 Å². The van der Waals surface area contributed by atoms with E-state index in [-0.39, 0.29) is 5.88 Å². The molecule has 18 heavy (non-hydrogen) atoms. The fourth-order valence-electron chi connectivity index (χ4n) is 1.47. The first-order valence-electron chi connectivity index (χ1n) is 5.03. The Balaban J connectivity index is 1.97. The maximum absolute atomic E-state index is 5.94. The van der Waals surface area contributed by atoms with Crippen molar-refractivity contribution in [1.82, 2.24) is 15.2 Å². The van der Waals surface area contributed by atoms with Crippen LogP contribution >= 0.6 is 22.9 Å². The zero-order valence-electron chi connectivity index (χ0n) is 9.00. The molecule has 2 aromatic heterocycles. The number of fused-ring (bicyclic) bond motifs is 1. The van der Waals surface area contributed by atoms with Gasteiger partial charge in [-0.2, -0.15) is 5.10 Å². The van der Waals surface area contributed by atoms with E-state index in [1.165, 1.54) is 17.5 Å². The molecule has 0 fully saturated rings. The summed E-state index contributed by atoms with van der Waals surface area (Å²) in [6.45, 7) is 0. The largest absolute Gasteiger partial charge is 0.436 e. The number of rotatable bonds is 2. The maximum Gasteiger partial charge on any atom is 0.257 e. The molecule has 0 saturated carbocycles. The normalized spacial score (nSPS) is 10.7. The maximum atomic E-state index is 5.94. The van der Waals surface area contributed by atoms with Crippen molar-refractivity contribution < 1.29 is 4.74 Å². The Labute approximate surface area is 111 Å². The van der Waals surface area contributed by atoms with Gasteiger partial charge in [0.1, 0.15) is 10.8 Å². The van der Waals surface area contributed by atoms with Gasteiger partial charge in [-0.1, -0.05) is 22.9 Å². The van der Waals surface area contributed by atoms with Gasteiger partial charge in [0.25, 0.3) is 5.88 Å². The van der Waals surface area contributed by atoms with Gasteiger partial charge in [-0.25, -0.2) is 4.98 Å². The average molecular weight is 279 g/mol. The lowest BCUT2D eigenvalue weighted by Gasteiger charge is -2.04. The predicted molar refractivity (Wildman–Crippen MR) is 71.1 cm³/mol. The Morgan fingerprint density at radius 3 is 3.00 bits per heavy atom. The second-order valence-corrected chi connectivity index (χ2v) is 4.94. The Morgan fingerprint density at radius 2 is 2.17 bits per heavy atom. The third-order valence-electron chi connectivity index (χ3n) is 2.23. The van der Waals surface area contributed by atoms with Crippen LogP contribution in [0, 0.1) is 0 Å². The van der Waals surface area contributed by atoms with Crippen LogP contribution in [0.25, 0.3) is 10.2 Å². The summed E-state index contributed by atoms with van der Waals surface area (Å²) in [5.74, 6) is 0.893. The summed E-state index contributed by atoms with van der Waals surface area (Å²) in [5.41, 5.74) is 6.48. The number of ether oxygens (including phenoxy) is 1. The summed E-state index contributed by atoms with van der Waals surface area (Å²) in [4.78, 5) is 4.17. The van der Waals surface area contributed by atoms with Gasteiger partial charge in [0.15, 0.2) is 5.13 Å². The summed E-state index contributed by atoms with van der Waals surface area (Å²) in [7, 11) is 0. The van der Waals surface area contributed by atoms with Crippen LogP contribution in [0.5, 0.6) is 11.6 Å². The quantitative estimate of drug-likeness (QED) is 0.779. The first-order valence-corrected chi connectivity index (χ1v) is 6.23. The van der Waals surface area contributed by atoms with Crippen molar-refractivity contribution in [1.29, 1.82) is 0 Å². The number of hydrogen-bond acceptors (Lipinski definition) is 6. The lowest BCUT2D eigenvalue weighted by Crippen LogP contribution is -1.90. The number of aromatic nitrogens is 3. The number of nitrogen functional groups attached to an aromatic ring is 1. The van der Waals surface area contributed by atoms with E-state index >= 15 is 0 Å². The van der Waals surface area contributed by atoms with Crippen molar-refractivity contribution in [3.8, 4) is 11.6 Å². The van der Waals surface area contributed by atoms with Gasteiger partial charge < -0.3 is 10.5 Å². The lowest BCUT2D eigenvalue weighted by atomic mass is 10.3. The molecule has 0 radical (unpaired) electrons. The van der Waals surface area contributed by atoms with E-state index in [1.807, 2.05) is 12.1 Å². The fraction of sp³-hybridized carbons (Fsp3) is 0. The van der Waals surface area contributed by atoms with E-state index in [2.05, 4.69) is 15.2 Å². The first kappa shape index (κ1) is 11.2. The summed E-state index contributed by atoms with van der Waals surface area (Å²) >= 11 is 7.34. The van der Waals surface area contributed by atoms with E-state index in [4.69, 9.17) is 22.1 Å². The first-order chi connectivity index (χ1) is 8.72. The van der Waals surface area contributed by atoms with Crippen LogP contribution in [0.1, 0.15) is 0 Å². The molecule has 0 saturated heterocycles. The molecule has 0 bridgehead atoms. The second kappa shape index (κ2) is 4.40. The van der Waals surface area contributed by atoms with E-state index in [9.17, 15) is 0 Å². The van der Waals surface area contributed by atoms with Crippen LogP contribution in [0.2, 0.25) is 5.02 Å². The summed E-state index contributed by atoms with van der Waals surface area (Å²) in [5, 5.41) is 8.48. The van der Waals surface area contributed by atoms with Crippen LogP contribution in [0.3, 0.4) is 0 Å². The Kier molecular flexibility index (Phi) is 2.73. The lowest BCUT2D eigenvalue weighted by molar-refractivity contribution is 0.456. The van der Waals surface area contributed by atoms with E-state index in [0.717, 1.165) is 10.2 Å². The standard InChI is InChI=1S/C11H7ClN4OS/c12-7-3-4-14-16-10(7)17-6-1-2-8-9(5-6)18-11(13)15-8/h1-5H,(H2,13,15). The molecule has 0 aliphatic carbocycles. The zero-order chi connectivity index (χ0) is 12.5. The number of nitrogens with two attached hydrogens (primary N) is 1. The number of nitrogens with zero attached hydrogens (tertiary/aromatic N) is 3. The van der Waals surface area contributed by atoms with E-state index in [1.54, 1.807) is 12.1 Å². The van der Waals surface area contributed by atoms with Crippen LogP contribution in [-0.4, -0.2) is 15.2 Å². The molecule has 0 atom stereocenters. The van der Waals surface area contributed by atoms with Crippen molar-refractivity contribution >= 4 is 38.3 Å². The zero-order valence-corrected chi connectivity index (χ0v) is 10.6. The highest BCUT2D eigenvalue weighted by Gasteiger charge is 2.07. The molecule has 3 aromatic rings. The molecule has 3 rings (SSSR count). The number of anilines is 1. The van der Waals surface area contributed by atoms with Gasteiger partial charge in [0.2, 0.25) is 0 Å². The van der Waals surface area contributed by atoms with Crippen molar-refractivity contribution in [3.05, 3.63) is 35.5 Å². The summed E-state index contributed by atoms with van der Waals surface area (Å²) in [6.07, 6.45) is 1.50. The topological polar surface area (TPSA) is 73.9 Å². The molecule has 1 aromatic carbocycles. The van der Waals surface area contributed by atoms with Gasteiger partial charge in [-0.3, -0.25) is 0 Å². The number of benzene rings is 1. The van der Waals surface area contributed by atoms with Gasteiger partial charge in [0, 0.05) is 6.07 Å². The van der Waals surface area contributed by atoms with Gasteiger partial charge in [-0.05, 0) is 18.2 Å². The highest BCUT2D eigenvalue weighted by atomic mass is 35.5. The molecule has 0 aliphatic heterocycles. The molecule has 2 heterocycles. The van der Waals surface area contributed by atoms with Crippen molar-refractivity contribution in [2.45, 2.75) is 0 Å². The second-order valence-electron chi connectivity index (χ2n) is 3.47. The van der Waals surface area contributed by atoms with E-state index < -0.39 is 0 Å². The molecule has 0 amide bonds. The Hall–Kier alpha value is -1.92. The third-order valence-corrected chi connectivity index (χ3v) is 3.37. The molecular formula is C11H7ClN4OS. The predicted octanol–water partition coefficient (Wildman–Crippen LogP) is 3.11. The number of hydrogen-bond donors (Lipinski definition) is 1. The Morgan fingerprint density at radius 1 is 1.28 bits per heavy atom. The van der Waals surface area contributed by atoms with Crippen LogP contribution in [-0.2, 0) is 0 Å². The average Bonchev–Trinajstić information content (AvgIpc) is 2.71. The third kappa shape index (κ3) is 2.07. The van der Waals surface area contributed by atoms with Crippen LogP contribution < -0.4 is 10.5 Å². The highest BCUT2D eigenvalue weighted by molar-refractivity contribution is 7.22. The molecular weight excluding hydrogens is 272 g/mol. The molecule has 5 nitrogen and oxygen atoms in total. The number of halogens is 1. The Bertz CT molecular complexity index is 715. The molecule has 0 unspecified atom stereocenters. The van der Waals surface area contributed by atoms with Crippen molar-refractivity contribution in [3.63, 3.8) is 0 Å². The summed E-state index contributed by atoms with van der Waals surface area (Å²) < 4.78 is 6.51. The minimum Gasteiger partial charge on any atom is -0.436 e. The minimum absolute atomic E-state index is 0.274. The summed E-state index contributed by atoms with van der Waals surface area (Å²) in [6, 6.07) is 7.08. The minimum atomic E-state index is 0.274. The molecule has 2 N–H and O–H groups in total.